The second kappa shape index (κ2) is 2.63. The van der Waals surface area contributed by atoms with Crippen molar-refractivity contribution in [3.05, 3.63) is 34.3 Å². The zero-order valence-electron chi connectivity index (χ0n) is 8.58. The molecular formula is C12H11ClO2. The predicted molar refractivity (Wildman–Crippen MR) is 57.2 cm³/mol. The Kier molecular flexibility index (Phi) is 1.64. The lowest BCUT2D eigenvalue weighted by molar-refractivity contribution is 0.0792. The van der Waals surface area contributed by atoms with Gasteiger partial charge in [-0.1, -0.05) is 11.6 Å². The minimum absolute atomic E-state index is 0.0379. The van der Waals surface area contributed by atoms with E-state index in [0.717, 1.165) is 11.1 Å². The van der Waals surface area contributed by atoms with E-state index in [1.807, 2.05) is 19.9 Å². The predicted octanol–water partition coefficient (Wildman–Crippen LogP) is 3.00. The van der Waals surface area contributed by atoms with Gasteiger partial charge in [-0.2, -0.15) is 0 Å². The molecule has 0 amide bonds. The molecule has 0 saturated carbocycles. The van der Waals surface area contributed by atoms with Crippen molar-refractivity contribution in [2.24, 2.45) is 5.41 Å². The molecule has 15 heavy (non-hydrogen) atoms. The van der Waals surface area contributed by atoms with Crippen molar-refractivity contribution in [3.63, 3.8) is 0 Å². The first-order valence-electron chi connectivity index (χ1n) is 5.01. The topological polar surface area (TPSA) is 29.6 Å². The van der Waals surface area contributed by atoms with Crippen LogP contribution in [-0.4, -0.2) is 11.9 Å². The van der Waals surface area contributed by atoms with E-state index in [9.17, 15) is 4.79 Å². The van der Waals surface area contributed by atoms with Gasteiger partial charge in [-0.25, -0.2) is 0 Å². The largest absolute Gasteiger partial charge is 0.363 e. The molecule has 1 aromatic carbocycles. The van der Waals surface area contributed by atoms with Crippen molar-refractivity contribution in [2.75, 3.05) is 0 Å². The Morgan fingerprint density at radius 3 is 2.87 bits per heavy atom. The SMILES string of the molecule is CC1(C)C(=O)c2ccc(Cl)cc2C2OC21. The summed E-state index contributed by atoms with van der Waals surface area (Å²) in [5, 5.41) is 0.663. The van der Waals surface area contributed by atoms with Crippen molar-refractivity contribution in [1.82, 2.24) is 0 Å². The van der Waals surface area contributed by atoms with E-state index >= 15 is 0 Å². The third-order valence-corrected chi connectivity index (χ3v) is 3.59. The van der Waals surface area contributed by atoms with Gasteiger partial charge >= 0.3 is 0 Å². The molecule has 2 atom stereocenters. The Hall–Kier alpha value is -0.860. The van der Waals surface area contributed by atoms with E-state index in [0.29, 0.717) is 5.02 Å². The molecule has 0 bridgehead atoms. The minimum Gasteiger partial charge on any atom is -0.363 e. The molecule has 3 rings (SSSR count). The Morgan fingerprint density at radius 2 is 2.13 bits per heavy atom. The highest BCUT2D eigenvalue weighted by Gasteiger charge is 2.58. The fourth-order valence-corrected chi connectivity index (χ4v) is 2.53. The summed E-state index contributed by atoms with van der Waals surface area (Å²) in [5.41, 5.74) is 1.32. The van der Waals surface area contributed by atoms with Crippen LogP contribution in [0.3, 0.4) is 0 Å². The van der Waals surface area contributed by atoms with Crippen LogP contribution in [-0.2, 0) is 4.74 Å². The van der Waals surface area contributed by atoms with Gasteiger partial charge < -0.3 is 4.74 Å². The van der Waals surface area contributed by atoms with Gasteiger partial charge in [-0.05, 0) is 37.6 Å². The number of ether oxygens (including phenoxy) is 1. The Labute approximate surface area is 93.2 Å². The first-order valence-corrected chi connectivity index (χ1v) is 5.39. The average Bonchev–Trinajstić information content (AvgIpc) is 2.95. The zero-order valence-corrected chi connectivity index (χ0v) is 9.34. The fraction of sp³-hybridized carbons (Fsp3) is 0.417. The molecule has 2 aliphatic rings. The van der Waals surface area contributed by atoms with Crippen molar-refractivity contribution in [2.45, 2.75) is 26.1 Å². The smallest absolute Gasteiger partial charge is 0.171 e. The molecule has 78 valence electrons. The van der Waals surface area contributed by atoms with Gasteiger partial charge in [-0.3, -0.25) is 4.79 Å². The molecular weight excluding hydrogens is 212 g/mol. The molecule has 1 aromatic rings. The number of benzene rings is 1. The summed E-state index contributed by atoms with van der Waals surface area (Å²) in [6.07, 6.45) is 0.113. The highest BCUT2D eigenvalue weighted by molar-refractivity contribution is 6.30. The molecule has 0 radical (unpaired) electrons. The molecule has 2 nitrogen and oxygen atoms in total. The molecule has 0 aromatic heterocycles. The van der Waals surface area contributed by atoms with E-state index < -0.39 is 5.41 Å². The minimum atomic E-state index is -0.397. The number of Topliss-reactive ketones (excluding diaryl/α,β-unsaturated/α-hetero) is 1. The number of rotatable bonds is 0. The summed E-state index contributed by atoms with van der Waals surface area (Å²) in [6, 6.07) is 5.41. The summed E-state index contributed by atoms with van der Waals surface area (Å²) >= 11 is 5.91. The van der Waals surface area contributed by atoms with Crippen LogP contribution in [0.4, 0.5) is 0 Å². The summed E-state index contributed by atoms with van der Waals surface area (Å²) in [7, 11) is 0. The Bertz CT molecular complexity index is 465. The quantitative estimate of drug-likeness (QED) is 0.632. The normalized spacial score (nSPS) is 30.7. The van der Waals surface area contributed by atoms with Crippen LogP contribution in [0.1, 0.15) is 35.9 Å². The van der Waals surface area contributed by atoms with E-state index in [1.165, 1.54) is 0 Å². The van der Waals surface area contributed by atoms with Gasteiger partial charge in [0, 0.05) is 10.6 Å². The van der Waals surface area contributed by atoms with Crippen molar-refractivity contribution in [1.29, 1.82) is 0 Å². The van der Waals surface area contributed by atoms with Gasteiger partial charge in [-0.15, -0.1) is 0 Å². The molecule has 1 fully saturated rings. The lowest BCUT2D eigenvalue weighted by atomic mass is 9.73. The lowest BCUT2D eigenvalue weighted by Crippen LogP contribution is -2.34. The third-order valence-electron chi connectivity index (χ3n) is 3.35. The number of fused-ring (bicyclic) bond motifs is 3. The molecule has 1 aliphatic heterocycles. The summed E-state index contributed by atoms with van der Waals surface area (Å²) in [5.74, 6) is 0.160. The fourth-order valence-electron chi connectivity index (χ4n) is 2.35. The Balaban J connectivity index is 2.21. The number of ketones is 1. The van der Waals surface area contributed by atoms with Crippen molar-refractivity contribution >= 4 is 17.4 Å². The summed E-state index contributed by atoms with van der Waals surface area (Å²) in [4.78, 5) is 12.2. The average molecular weight is 223 g/mol. The molecule has 2 unspecified atom stereocenters. The van der Waals surface area contributed by atoms with E-state index in [-0.39, 0.29) is 18.0 Å². The molecule has 3 heteroatoms. The van der Waals surface area contributed by atoms with Gasteiger partial charge in [0.2, 0.25) is 0 Å². The number of hydrogen-bond acceptors (Lipinski definition) is 2. The highest BCUT2D eigenvalue weighted by atomic mass is 35.5. The Morgan fingerprint density at radius 1 is 1.40 bits per heavy atom. The molecule has 0 N–H and O–H groups in total. The third kappa shape index (κ3) is 1.12. The maximum absolute atomic E-state index is 12.2. The number of carbonyl (C=O) groups is 1. The number of halogens is 1. The van der Waals surface area contributed by atoms with Crippen LogP contribution in [0.5, 0.6) is 0 Å². The van der Waals surface area contributed by atoms with E-state index in [1.54, 1.807) is 12.1 Å². The van der Waals surface area contributed by atoms with Crippen LogP contribution in [0.25, 0.3) is 0 Å². The van der Waals surface area contributed by atoms with Gasteiger partial charge in [0.1, 0.15) is 12.2 Å². The zero-order chi connectivity index (χ0) is 10.8. The second-order valence-electron chi connectivity index (χ2n) is 4.76. The summed E-state index contributed by atoms with van der Waals surface area (Å²) < 4.78 is 5.57. The first-order chi connectivity index (χ1) is 7.01. The highest BCUT2D eigenvalue weighted by Crippen LogP contribution is 2.55. The van der Waals surface area contributed by atoms with Crippen LogP contribution in [0.15, 0.2) is 18.2 Å². The molecule has 1 aliphatic carbocycles. The number of carbonyl (C=O) groups excluding carboxylic acids is 1. The monoisotopic (exact) mass is 222 g/mol. The van der Waals surface area contributed by atoms with Crippen LogP contribution >= 0.6 is 11.6 Å². The van der Waals surface area contributed by atoms with Crippen LogP contribution < -0.4 is 0 Å². The van der Waals surface area contributed by atoms with Crippen LogP contribution in [0.2, 0.25) is 5.02 Å². The van der Waals surface area contributed by atoms with Crippen molar-refractivity contribution in [3.8, 4) is 0 Å². The summed E-state index contributed by atoms with van der Waals surface area (Å²) in [6.45, 7) is 3.88. The van der Waals surface area contributed by atoms with Crippen LogP contribution in [0, 0.1) is 5.41 Å². The van der Waals surface area contributed by atoms with Crippen molar-refractivity contribution < 1.29 is 9.53 Å². The lowest BCUT2D eigenvalue weighted by Gasteiger charge is -2.26. The molecule has 1 heterocycles. The van der Waals surface area contributed by atoms with Gasteiger partial charge in [0.05, 0.1) is 5.41 Å². The molecule has 1 saturated heterocycles. The first kappa shape index (κ1) is 9.37. The number of hydrogen-bond donors (Lipinski definition) is 0. The second-order valence-corrected chi connectivity index (χ2v) is 5.20. The molecule has 0 spiro atoms. The van der Waals surface area contributed by atoms with Gasteiger partial charge in [0.15, 0.2) is 5.78 Å². The number of epoxide rings is 1. The maximum atomic E-state index is 12.2. The maximum Gasteiger partial charge on any atom is 0.171 e. The van der Waals surface area contributed by atoms with E-state index in [2.05, 4.69) is 0 Å². The van der Waals surface area contributed by atoms with E-state index in [4.69, 9.17) is 16.3 Å². The standard InChI is InChI=1S/C12H11ClO2/c1-12(2)10(14)7-4-3-6(13)5-8(7)9-11(12)15-9/h3-5,9,11H,1-2H3. The van der Waals surface area contributed by atoms with Gasteiger partial charge in [0.25, 0.3) is 0 Å².